The number of cyclic esters (lactones) is 1. The lowest BCUT2D eigenvalue weighted by atomic mass is 10.0. The molecule has 5 heteroatoms. The third-order valence-electron chi connectivity index (χ3n) is 3.11. The highest BCUT2D eigenvalue weighted by Gasteiger charge is 2.37. The predicted octanol–water partition coefficient (Wildman–Crippen LogP) is 2.04. The van der Waals surface area contributed by atoms with E-state index in [1.54, 1.807) is 0 Å². The van der Waals surface area contributed by atoms with Crippen molar-refractivity contribution >= 4 is 12.1 Å². The first-order chi connectivity index (χ1) is 8.59. The molecule has 1 fully saturated rings. The number of nitrogens with zero attached hydrogens (tertiary/aromatic N) is 1. The summed E-state index contributed by atoms with van der Waals surface area (Å²) in [4.78, 5) is 24.0. The van der Waals surface area contributed by atoms with Crippen LogP contribution in [0.5, 0.6) is 0 Å². The van der Waals surface area contributed by atoms with Gasteiger partial charge in [-0.1, -0.05) is 30.3 Å². The van der Waals surface area contributed by atoms with Gasteiger partial charge < -0.3 is 9.84 Å². The number of hydrogen-bond acceptors (Lipinski definition) is 3. The number of carboxylic acids is 1. The third kappa shape index (κ3) is 2.45. The van der Waals surface area contributed by atoms with Crippen LogP contribution in [0.2, 0.25) is 0 Å². The lowest BCUT2D eigenvalue weighted by molar-refractivity contribution is -0.138. The summed E-state index contributed by atoms with van der Waals surface area (Å²) in [6, 6.07) is 8.91. The van der Waals surface area contributed by atoms with Crippen LogP contribution in [-0.4, -0.2) is 34.7 Å². The van der Waals surface area contributed by atoms with E-state index in [0.717, 1.165) is 5.56 Å². The summed E-state index contributed by atoms with van der Waals surface area (Å²) >= 11 is 0. The van der Waals surface area contributed by atoms with Gasteiger partial charge in [-0.3, -0.25) is 9.69 Å². The van der Waals surface area contributed by atoms with Gasteiger partial charge in [-0.25, -0.2) is 4.79 Å². The molecule has 1 N–H and O–H groups in total. The Labute approximate surface area is 105 Å². The molecule has 18 heavy (non-hydrogen) atoms. The number of carbonyl (C=O) groups is 2. The minimum atomic E-state index is -0.927. The van der Waals surface area contributed by atoms with Gasteiger partial charge in [0.1, 0.15) is 6.61 Å². The van der Waals surface area contributed by atoms with Crippen LogP contribution in [-0.2, 0) is 9.53 Å². The molecular formula is C13H15NO4. The van der Waals surface area contributed by atoms with Crippen molar-refractivity contribution in [2.45, 2.75) is 25.4 Å². The Bertz CT molecular complexity index is 446. The highest BCUT2D eigenvalue weighted by Crippen LogP contribution is 2.28. The van der Waals surface area contributed by atoms with E-state index in [4.69, 9.17) is 9.84 Å². The summed E-state index contributed by atoms with van der Waals surface area (Å²) in [6.07, 6.45) is -0.541. The molecule has 0 radical (unpaired) electrons. The molecule has 5 nitrogen and oxygen atoms in total. The molecule has 1 aliphatic rings. The quantitative estimate of drug-likeness (QED) is 0.886. The number of amides is 1. The van der Waals surface area contributed by atoms with Crippen LogP contribution in [0.25, 0.3) is 0 Å². The first kappa shape index (κ1) is 12.4. The fourth-order valence-electron chi connectivity index (χ4n) is 2.20. The van der Waals surface area contributed by atoms with Gasteiger partial charge in [0.2, 0.25) is 0 Å². The van der Waals surface area contributed by atoms with Crippen LogP contribution >= 0.6 is 0 Å². The first-order valence-electron chi connectivity index (χ1n) is 5.81. The molecule has 0 saturated carbocycles. The zero-order valence-electron chi connectivity index (χ0n) is 10.1. The third-order valence-corrected chi connectivity index (χ3v) is 3.11. The lowest BCUT2D eigenvalue weighted by Crippen LogP contribution is -2.37. The summed E-state index contributed by atoms with van der Waals surface area (Å²) in [5.74, 6) is -0.927. The van der Waals surface area contributed by atoms with E-state index < -0.39 is 18.1 Å². The zero-order chi connectivity index (χ0) is 13.1. The number of ether oxygens (including phenoxy) is 1. The van der Waals surface area contributed by atoms with Gasteiger partial charge in [-0.2, -0.15) is 0 Å². The summed E-state index contributed by atoms with van der Waals surface area (Å²) in [5.41, 5.74) is 0.965. The fraction of sp³-hybridized carbons (Fsp3) is 0.385. The van der Waals surface area contributed by atoms with Crippen LogP contribution < -0.4 is 0 Å². The Morgan fingerprint density at radius 2 is 2.17 bits per heavy atom. The Morgan fingerprint density at radius 1 is 1.50 bits per heavy atom. The van der Waals surface area contributed by atoms with Crippen molar-refractivity contribution in [2.75, 3.05) is 6.61 Å². The molecule has 96 valence electrons. The molecule has 0 bridgehead atoms. The van der Waals surface area contributed by atoms with Gasteiger partial charge in [0.05, 0.1) is 18.5 Å². The van der Waals surface area contributed by atoms with Gasteiger partial charge >= 0.3 is 12.1 Å². The van der Waals surface area contributed by atoms with Crippen molar-refractivity contribution in [3.8, 4) is 0 Å². The molecule has 1 aromatic rings. The van der Waals surface area contributed by atoms with E-state index in [2.05, 4.69) is 0 Å². The van der Waals surface area contributed by atoms with Crippen molar-refractivity contribution in [2.24, 2.45) is 0 Å². The molecule has 1 aliphatic heterocycles. The highest BCUT2D eigenvalue weighted by atomic mass is 16.6. The van der Waals surface area contributed by atoms with Gasteiger partial charge in [-0.05, 0) is 12.5 Å². The second-order valence-corrected chi connectivity index (χ2v) is 4.32. The Kier molecular flexibility index (Phi) is 3.50. The molecule has 0 aromatic heterocycles. The average molecular weight is 249 g/mol. The maximum Gasteiger partial charge on any atom is 0.410 e. The van der Waals surface area contributed by atoms with E-state index in [0.29, 0.717) is 0 Å². The zero-order valence-corrected chi connectivity index (χ0v) is 10.1. The van der Waals surface area contributed by atoms with E-state index in [1.807, 2.05) is 37.3 Å². The largest absolute Gasteiger partial charge is 0.481 e. The highest BCUT2D eigenvalue weighted by molar-refractivity contribution is 5.74. The van der Waals surface area contributed by atoms with E-state index in [9.17, 15) is 9.59 Å². The van der Waals surface area contributed by atoms with Crippen LogP contribution in [0.3, 0.4) is 0 Å². The van der Waals surface area contributed by atoms with Crippen molar-refractivity contribution in [1.29, 1.82) is 0 Å². The van der Waals surface area contributed by atoms with E-state index in [1.165, 1.54) is 4.90 Å². The van der Waals surface area contributed by atoms with Crippen molar-refractivity contribution in [3.63, 3.8) is 0 Å². The molecule has 2 rings (SSSR count). The van der Waals surface area contributed by atoms with E-state index >= 15 is 0 Å². The predicted molar refractivity (Wildman–Crippen MR) is 64.1 cm³/mol. The fourth-order valence-corrected chi connectivity index (χ4v) is 2.20. The second kappa shape index (κ2) is 5.08. The summed E-state index contributed by atoms with van der Waals surface area (Å²) in [7, 11) is 0. The standard InChI is InChI=1S/C13H15NO4/c1-9(10-5-3-2-4-6-10)14-11(7-12(15)16)8-18-13(14)17/h2-6,9,11H,7-8H2,1H3,(H,15,16). The number of carbonyl (C=O) groups excluding carboxylic acids is 1. The molecule has 2 atom stereocenters. The number of carboxylic acid groups (broad SMARTS) is 1. The minimum Gasteiger partial charge on any atom is -0.481 e. The van der Waals surface area contributed by atoms with E-state index in [-0.39, 0.29) is 19.1 Å². The maximum atomic E-state index is 11.7. The first-order valence-corrected chi connectivity index (χ1v) is 5.81. The molecular weight excluding hydrogens is 234 g/mol. The molecule has 0 aliphatic carbocycles. The second-order valence-electron chi connectivity index (χ2n) is 4.32. The normalized spacial score (nSPS) is 20.6. The van der Waals surface area contributed by atoms with Crippen molar-refractivity contribution in [3.05, 3.63) is 35.9 Å². The summed E-state index contributed by atoms with van der Waals surface area (Å²) < 4.78 is 4.95. The summed E-state index contributed by atoms with van der Waals surface area (Å²) in [6.45, 7) is 2.01. The van der Waals surface area contributed by atoms with Crippen LogP contribution in [0.15, 0.2) is 30.3 Å². The van der Waals surface area contributed by atoms with Gasteiger partial charge in [0, 0.05) is 0 Å². The Hall–Kier alpha value is -2.04. The van der Waals surface area contributed by atoms with Gasteiger partial charge in [0.25, 0.3) is 0 Å². The smallest absolute Gasteiger partial charge is 0.410 e. The Balaban J connectivity index is 2.18. The topological polar surface area (TPSA) is 66.8 Å². The molecule has 1 aromatic carbocycles. The van der Waals surface area contributed by atoms with Crippen molar-refractivity contribution in [1.82, 2.24) is 4.90 Å². The maximum absolute atomic E-state index is 11.7. The molecule has 1 amide bonds. The summed E-state index contributed by atoms with van der Waals surface area (Å²) in [5, 5.41) is 8.84. The molecule has 1 heterocycles. The minimum absolute atomic E-state index is 0.0943. The Morgan fingerprint density at radius 3 is 2.78 bits per heavy atom. The van der Waals surface area contributed by atoms with Gasteiger partial charge in [0.15, 0.2) is 0 Å². The van der Waals surface area contributed by atoms with Crippen LogP contribution in [0, 0.1) is 0 Å². The molecule has 1 saturated heterocycles. The molecule has 2 unspecified atom stereocenters. The molecule has 0 spiro atoms. The number of rotatable bonds is 4. The van der Waals surface area contributed by atoms with Gasteiger partial charge in [-0.15, -0.1) is 0 Å². The number of hydrogen-bond donors (Lipinski definition) is 1. The van der Waals surface area contributed by atoms with Crippen molar-refractivity contribution < 1.29 is 19.4 Å². The number of aliphatic carboxylic acids is 1. The SMILES string of the molecule is CC(c1ccccc1)N1C(=O)OCC1CC(=O)O. The number of benzene rings is 1. The lowest BCUT2D eigenvalue weighted by Gasteiger charge is -2.27. The monoisotopic (exact) mass is 249 g/mol. The van der Waals surface area contributed by atoms with Crippen LogP contribution in [0.1, 0.15) is 24.9 Å². The van der Waals surface area contributed by atoms with Crippen LogP contribution in [0.4, 0.5) is 4.79 Å². The average Bonchev–Trinajstić information content (AvgIpc) is 2.70.